The number of benzene rings is 1. The van der Waals surface area contributed by atoms with Crippen LogP contribution in [-0.4, -0.2) is 26.3 Å². The fourth-order valence-electron chi connectivity index (χ4n) is 2.99. The van der Waals surface area contributed by atoms with Crippen molar-refractivity contribution in [3.63, 3.8) is 0 Å². The molecule has 1 aliphatic rings. The highest BCUT2D eigenvalue weighted by molar-refractivity contribution is 5.39. The number of rotatable bonds is 8. The molecule has 0 amide bonds. The van der Waals surface area contributed by atoms with Gasteiger partial charge in [0.25, 0.3) is 0 Å². The molecule has 20 heavy (non-hydrogen) atoms. The number of hydrogen-bond acceptors (Lipinski definition) is 3. The molecule has 1 heterocycles. The Balaban J connectivity index is 1.86. The van der Waals surface area contributed by atoms with Crippen LogP contribution in [0, 0.1) is 11.3 Å². The summed E-state index contributed by atoms with van der Waals surface area (Å²) >= 11 is 0. The Morgan fingerprint density at radius 1 is 1.15 bits per heavy atom. The fourth-order valence-corrected chi connectivity index (χ4v) is 2.99. The molecular formula is C17H27NO2. The largest absolute Gasteiger partial charge is 0.490 e. The van der Waals surface area contributed by atoms with Gasteiger partial charge in [-0.3, -0.25) is 0 Å². The van der Waals surface area contributed by atoms with Crippen LogP contribution < -0.4 is 14.8 Å². The lowest BCUT2D eigenvalue weighted by Gasteiger charge is -2.44. The molecule has 0 aliphatic carbocycles. The van der Waals surface area contributed by atoms with Crippen LogP contribution in [0.4, 0.5) is 0 Å². The van der Waals surface area contributed by atoms with Crippen molar-refractivity contribution >= 4 is 0 Å². The lowest BCUT2D eigenvalue weighted by Crippen LogP contribution is -2.54. The highest BCUT2D eigenvalue weighted by atomic mass is 16.5. The number of nitrogens with one attached hydrogen (secondary N) is 1. The van der Waals surface area contributed by atoms with Gasteiger partial charge in [0.2, 0.25) is 0 Å². The van der Waals surface area contributed by atoms with E-state index in [0.29, 0.717) is 12.0 Å². The minimum Gasteiger partial charge on any atom is -0.490 e. The first kappa shape index (κ1) is 15.2. The molecule has 0 spiro atoms. The van der Waals surface area contributed by atoms with Gasteiger partial charge in [0, 0.05) is 13.1 Å². The van der Waals surface area contributed by atoms with Crippen molar-refractivity contribution in [1.29, 1.82) is 0 Å². The van der Waals surface area contributed by atoms with Gasteiger partial charge in [-0.15, -0.1) is 0 Å². The van der Waals surface area contributed by atoms with Crippen LogP contribution in [-0.2, 0) is 0 Å². The lowest BCUT2D eigenvalue weighted by atomic mass is 9.73. The smallest absolute Gasteiger partial charge is 0.161 e. The molecule has 1 N–H and O–H groups in total. The zero-order valence-corrected chi connectivity index (χ0v) is 12.9. The van der Waals surface area contributed by atoms with Crippen LogP contribution in [0.3, 0.4) is 0 Å². The van der Waals surface area contributed by atoms with E-state index in [1.165, 1.54) is 6.42 Å². The predicted octanol–water partition coefficient (Wildman–Crippen LogP) is 3.49. The van der Waals surface area contributed by atoms with E-state index < -0.39 is 0 Å². The average Bonchev–Trinajstić information content (AvgIpc) is 2.37. The Bertz CT molecular complexity index is 413. The van der Waals surface area contributed by atoms with E-state index in [-0.39, 0.29) is 0 Å². The molecule has 0 bridgehead atoms. The van der Waals surface area contributed by atoms with E-state index in [0.717, 1.165) is 43.5 Å². The maximum Gasteiger partial charge on any atom is 0.161 e. The highest BCUT2D eigenvalue weighted by Gasteiger charge is 2.36. The number of ether oxygens (including phenoxy) is 2. The molecule has 1 aliphatic heterocycles. The molecular weight excluding hydrogens is 250 g/mol. The van der Waals surface area contributed by atoms with Gasteiger partial charge in [0.15, 0.2) is 11.5 Å². The van der Waals surface area contributed by atoms with Crippen molar-refractivity contribution in [3.05, 3.63) is 24.3 Å². The summed E-state index contributed by atoms with van der Waals surface area (Å²) in [5, 5.41) is 3.41. The van der Waals surface area contributed by atoms with Crippen LogP contribution >= 0.6 is 0 Å². The van der Waals surface area contributed by atoms with Crippen molar-refractivity contribution < 1.29 is 9.47 Å². The van der Waals surface area contributed by atoms with Gasteiger partial charge in [0.05, 0.1) is 13.2 Å². The first-order chi connectivity index (χ1) is 9.65. The molecule has 3 nitrogen and oxygen atoms in total. The van der Waals surface area contributed by atoms with Gasteiger partial charge in [-0.1, -0.05) is 26.0 Å². The summed E-state index contributed by atoms with van der Waals surface area (Å²) in [5.74, 6) is 2.45. The molecule has 112 valence electrons. The zero-order valence-electron chi connectivity index (χ0n) is 12.9. The number of hydrogen-bond donors (Lipinski definition) is 1. The Hall–Kier alpha value is -1.22. The first-order valence-electron chi connectivity index (χ1n) is 7.70. The molecule has 1 aromatic carbocycles. The SMILES string of the molecule is CCOc1ccccc1OCCC1(CC(C)C)CNC1. The first-order valence-corrected chi connectivity index (χ1v) is 7.70. The van der Waals surface area contributed by atoms with Crippen LogP contribution in [0.5, 0.6) is 11.5 Å². The van der Waals surface area contributed by atoms with Crippen LogP contribution in [0.2, 0.25) is 0 Å². The van der Waals surface area contributed by atoms with Gasteiger partial charge in [-0.25, -0.2) is 0 Å². The lowest BCUT2D eigenvalue weighted by molar-refractivity contribution is 0.0932. The van der Waals surface area contributed by atoms with Crippen LogP contribution in [0.25, 0.3) is 0 Å². The Labute approximate surface area is 122 Å². The minimum atomic E-state index is 0.439. The second-order valence-corrected chi connectivity index (χ2v) is 6.18. The summed E-state index contributed by atoms with van der Waals surface area (Å²) in [5.41, 5.74) is 0.439. The fraction of sp³-hybridized carbons (Fsp3) is 0.647. The zero-order chi connectivity index (χ0) is 14.4. The topological polar surface area (TPSA) is 30.5 Å². The summed E-state index contributed by atoms with van der Waals surface area (Å²) < 4.78 is 11.5. The summed E-state index contributed by atoms with van der Waals surface area (Å²) in [6.07, 6.45) is 2.38. The molecule has 0 unspecified atom stereocenters. The summed E-state index contributed by atoms with van der Waals surface area (Å²) in [7, 11) is 0. The van der Waals surface area contributed by atoms with E-state index >= 15 is 0 Å². The minimum absolute atomic E-state index is 0.439. The van der Waals surface area contributed by atoms with Gasteiger partial charge in [-0.05, 0) is 43.2 Å². The molecule has 0 saturated carbocycles. The predicted molar refractivity (Wildman–Crippen MR) is 82.5 cm³/mol. The molecule has 1 fully saturated rings. The van der Waals surface area contributed by atoms with Crippen molar-refractivity contribution in [2.75, 3.05) is 26.3 Å². The summed E-state index contributed by atoms with van der Waals surface area (Å²) in [4.78, 5) is 0. The van der Waals surface area contributed by atoms with Crippen LogP contribution in [0.15, 0.2) is 24.3 Å². The molecule has 2 rings (SSSR count). The molecule has 1 saturated heterocycles. The second-order valence-electron chi connectivity index (χ2n) is 6.18. The summed E-state index contributed by atoms with van der Waals surface area (Å²) in [6, 6.07) is 7.92. The normalized spacial score (nSPS) is 16.8. The average molecular weight is 277 g/mol. The van der Waals surface area contributed by atoms with E-state index in [2.05, 4.69) is 19.2 Å². The summed E-state index contributed by atoms with van der Waals surface area (Å²) in [6.45, 7) is 10.3. The van der Waals surface area contributed by atoms with Gasteiger partial charge in [0.1, 0.15) is 0 Å². The Morgan fingerprint density at radius 2 is 1.80 bits per heavy atom. The van der Waals surface area contributed by atoms with Crippen LogP contribution in [0.1, 0.15) is 33.6 Å². The van der Waals surface area contributed by atoms with E-state index in [1.54, 1.807) is 0 Å². The van der Waals surface area contributed by atoms with Gasteiger partial charge >= 0.3 is 0 Å². The van der Waals surface area contributed by atoms with Gasteiger partial charge in [-0.2, -0.15) is 0 Å². The third-order valence-corrected chi connectivity index (χ3v) is 3.88. The Kier molecular flexibility index (Phi) is 5.30. The Morgan fingerprint density at radius 3 is 2.30 bits per heavy atom. The van der Waals surface area contributed by atoms with E-state index in [1.807, 2.05) is 31.2 Å². The van der Waals surface area contributed by atoms with Crippen molar-refractivity contribution in [2.24, 2.45) is 11.3 Å². The highest BCUT2D eigenvalue weighted by Crippen LogP contribution is 2.35. The standard InChI is InChI=1S/C17H27NO2/c1-4-19-15-7-5-6-8-16(15)20-10-9-17(11-14(2)3)12-18-13-17/h5-8,14,18H,4,9-13H2,1-3H3. The third-order valence-electron chi connectivity index (χ3n) is 3.88. The molecule has 0 atom stereocenters. The van der Waals surface area contributed by atoms with Crippen molar-refractivity contribution in [2.45, 2.75) is 33.6 Å². The van der Waals surface area contributed by atoms with Crippen molar-refractivity contribution in [1.82, 2.24) is 5.32 Å². The molecule has 0 radical (unpaired) electrons. The monoisotopic (exact) mass is 277 g/mol. The van der Waals surface area contributed by atoms with E-state index in [4.69, 9.17) is 9.47 Å². The maximum atomic E-state index is 5.95. The number of para-hydroxylation sites is 2. The molecule has 1 aromatic rings. The third kappa shape index (κ3) is 3.89. The van der Waals surface area contributed by atoms with E-state index in [9.17, 15) is 0 Å². The van der Waals surface area contributed by atoms with Crippen molar-refractivity contribution in [3.8, 4) is 11.5 Å². The van der Waals surface area contributed by atoms with Gasteiger partial charge < -0.3 is 14.8 Å². The second kappa shape index (κ2) is 6.98. The molecule has 0 aromatic heterocycles. The quantitative estimate of drug-likeness (QED) is 0.789. The maximum absolute atomic E-state index is 5.95. The molecule has 3 heteroatoms.